The van der Waals surface area contributed by atoms with Gasteiger partial charge in [0.25, 0.3) is 0 Å². The molecule has 0 spiro atoms. The van der Waals surface area contributed by atoms with Gasteiger partial charge in [-0.25, -0.2) is 4.39 Å². The maximum atomic E-state index is 14.5. The lowest BCUT2D eigenvalue weighted by atomic mass is 9.75. The van der Waals surface area contributed by atoms with Crippen molar-refractivity contribution in [2.75, 3.05) is 7.11 Å². The third-order valence-corrected chi connectivity index (χ3v) is 5.39. The fourth-order valence-corrected chi connectivity index (χ4v) is 3.99. The van der Waals surface area contributed by atoms with E-state index >= 15 is 0 Å². The summed E-state index contributed by atoms with van der Waals surface area (Å²) in [5.41, 5.74) is 3.66. The zero-order chi connectivity index (χ0) is 19.3. The molecule has 0 heterocycles. The molecule has 1 aliphatic rings. The van der Waals surface area contributed by atoms with Crippen LogP contribution in [0.3, 0.4) is 0 Å². The Labute approximate surface area is 157 Å². The molecule has 0 amide bonds. The number of rotatable bonds is 4. The molecule has 2 aromatic carbocycles. The SMILES string of the molecule is CC.COc1ccc(F)c(-c2ccc(CO)cc2C2CCCC2(C)C)c1. The van der Waals surface area contributed by atoms with Crippen molar-refractivity contribution >= 4 is 0 Å². The molecule has 0 radical (unpaired) electrons. The number of aliphatic hydroxyl groups is 1. The first-order valence-corrected chi connectivity index (χ1v) is 9.54. The molecule has 26 heavy (non-hydrogen) atoms. The van der Waals surface area contributed by atoms with Crippen molar-refractivity contribution < 1.29 is 14.2 Å². The van der Waals surface area contributed by atoms with Crippen LogP contribution in [0, 0.1) is 11.2 Å². The number of ether oxygens (including phenoxy) is 1. The second kappa shape index (κ2) is 8.68. The van der Waals surface area contributed by atoms with Crippen LogP contribution in [0.2, 0.25) is 0 Å². The average Bonchev–Trinajstić information content (AvgIpc) is 3.02. The highest BCUT2D eigenvalue weighted by Crippen LogP contribution is 2.51. The number of benzene rings is 2. The van der Waals surface area contributed by atoms with E-state index in [4.69, 9.17) is 4.74 Å². The van der Waals surface area contributed by atoms with Crippen molar-refractivity contribution in [3.05, 3.63) is 53.3 Å². The maximum absolute atomic E-state index is 14.5. The predicted octanol–water partition coefficient (Wildman–Crippen LogP) is 6.31. The monoisotopic (exact) mass is 358 g/mol. The highest BCUT2D eigenvalue weighted by Gasteiger charge is 2.37. The normalized spacial score (nSPS) is 18.2. The van der Waals surface area contributed by atoms with Gasteiger partial charge >= 0.3 is 0 Å². The second-order valence-corrected chi connectivity index (χ2v) is 7.36. The molecular formula is C23H31FO2. The van der Waals surface area contributed by atoms with Gasteiger partial charge in [0, 0.05) is 5.56 Å². The van der Waals surface area contributed by atoms with Gasteiger partial charge in [0.2, 0.25) is 0 Å². The Bertz CT molecular complexity index is 737. The first-order chi connectivity index (χ1) is 12.5. The molecular weight excluding hydrogens is 327 g/mol. The van der Waals surface area contributed by atoms with Crippen LogP contribution in [-0.2, 0) is 6.61 Å². The smallest absolute Gasteiger partial charge is 0.131 e. The van der Waals surface area contributed by atoms with Crippen molar-refractivity contribution in [2.45, 2.75) is 59.5 Å². The minimum absolute atomic E-state index is 0.00101. The van der Waals surface area contributed by atoms with E-state index in [1.165, 1.54) is 18.9 Å². The summed E-state index contributed by atoms with van der Waals surface area (Å²) in [6.07, 6.45) is 3.45. The van der Waals surface area contributed by atoms with Gasteiger partial charge in [0.05, 0.1) is 13.7 Å². The van der Waals surface area contributed by atoms with E-state index < -0.39 is 0 Å². The molecule has 2 nitrogen and oxygen atoms in total. The van der Waals surface area contributed by atoms with Gasteiger partial charge in [-0.1, -0.05) is 52.3 Å². The minimum Gasteiger partial charge on any atom is -0.497 e. The molecule has 1 atom stereocenters. The van der Waals surface area contributed by atoms with Crippen molar-refractivity contribution in [3.63, 3.8) is 0 Å². The Morgan fingerprint density at radius 3 is 2.42 bits per heavy atom. The van der Waals surface area contributed by atoms with E-state index in [1.807, 2.05) is 32.0 Å². The largest absolute Gasteiger partial charge is 0.497 e. The van der Waals surface area contributed by atoms with Crippen LogP contribution in [0.15, 0.2) is 36.4 Å². The van der Waals surface area contributed by atoms with Gasteiger partial charge in [0.15, 0.2) is 0 Å². The molecule has 1 fully saturated rings. The van der Waals surface area contributed by atoms with E-state index in [2.05, 4.69) is 13.8 Å². The third kappa shape index (κ3) is 4.09. The van der Waals surface area contributed by atoms with Gasteiger partial charge in [-0.2, -0.15) is 0 Å². The summed E-state index contributed by atoms with van der Waals surface area (Å²) >= 11 is 0. The van der Waals surface area contributed by atoms with Crippen molar-refractivity contribution in [3.8, 4) is 16.9 Å². The van der Waals surface area contributed by atoms with E-state index in [9.17, 15) is 9.50 Å². The molecule has 0 bridgehead atoms. The molecule has 3 heteroatoms. The summed E-state index contributed by atoms with van der Waals surface area (Å²) in [6.45, 7) is 8.56. The maximum Gasteiger partial charge on any atom is 0.131 e. The summed E-state index contributed by atoms with van der Waals surface area (Å²) in [7, 11) is 1.59. The van der Waals surface area contributed by atoms with E-state index in [1.54, 1.807) is 19.2 Å². The number of halogens is 1. The van der Waals surface area contributed by atoms with E-state index in [-0.39, 0.29) is 17.8 Å². The lowest BCUT2D eigenvalue weighted by Gasteiger charge is -2.30. The molecule has 0 aliphatic heterocycles. The summed E-state index contributed by atoms with van der Waals surface area (Å²) in [5.74, 6) is 0.767. The molecule has 142 valence electrons. The Hall–Kier alpha value is -1.87. The minimum atomic E-state index is -0.246. The Morgan fingerprint density at radius 2 is 1.85 bits per heavy atom. The summed E-state index contributed by atoms with van der Waals surface area (Å²) in [4.78, 5) is 0. The quantitative estimate of drug-likeness (QED) is 0.693. The second-order valence-electron chi connectivity index (χ2n) is 7.36. The molecule has 1 N–H and O–H groups in total. The highest BCUT2D eigenvalue weighted by molar-refractivity contribution is 5.71. The van der Waals surface area contributed by atoms with Crippen LogP contribution < -0.4 is 4.74 Å². The highest BCUT2D eigenvalue weighted by atomic mass is 19.1. The Morgan fingerprint density at radius 1 is 1.12 bits per heavy atom. The van der Waals surface area contributed by atoms with Gasteiger partial charge in [-0.3, -0.25) is 0 Å². The van der Waals surface area contributed by atoms with Crippen molar-refractivity contribution in [2.24, 2.45) is 5.41 Å². The summed E-state index contributed by atoms with van der Waals surface area (Å²) in [5, 5.41) is 9.54. The summed E-state index contributed by atoms with van der Waals surface area (Å²) < 4.78 is 19.8. The third-order valence-electron chi connectivity index (χ3n) is 5.39. The predicted molar refractivity (Wildman–Crippen MR) is 106 cm³/mol. The lowest BCUT2D eigenvalue weighted by Crippen LogP contribution is -2.16. The van der Waals surface area contributed by atoms with Gasteiger partial charge < -0.3 is 9.84 Å². The van der Waals surface area contributed by atoms with Crippen molar-refractivity contribution in [1.82, 2.24) is 0 Å². The van der Waals surface area contributed by atoms with Crippen LogP contribution in [0.25, 0.3) is 11.1 Å². The van der Waals surface area contributed by atoms with E-state index in [0.717, 1.165) is 23.1 Å². The Balaban J connectivity index is 0.00000117. The van der Waals surface area contributed by atoms with Crippen LogP contribution in [0.5, 0.6) is 5.75 Å². The van der Waals surface area contributed by atoms with Crippen LogP contribution in [0.1, 0.15) is 64.0 Å². The molecule has 3 rings (SSSR count). The molecule has 2 aromatic rings. The zero-order valence-corrected chi connectivity index (χ0v) is 16.6. The number of aliphatic hydroxyl groups excluding tert-OH is 1. The lowest BCUT2D eigenvalue weighted by molar-refractivity contribution is 0.281. The molecule has 1 aliphatic carbocycles. The first-order valence-electron chi connectivity index (χ1n) is 9.54. The zero-order valence-electron chi connectivity index (χ0n) is 16.6. The van der Waals surface area contributed by atoms with E-state index in [0.29, 0.717) is 17.2 Å². The summed E-state index contributed by atoms with van der Waals surface area (Å²) in [6, 6.07) is 10.7. The number of methoxy groups -OCH3 is 1. The van der Waals surface area contributed by atoms with Crippen molar-refractivity contribution in [1.29, 1.82) is 0 Å². The van der Waals surface area contributed by atoms with Crippen LogP contribution in [-0.4, -0.2) is 12.2 Å². The van der Waals surface area contributed by atoms with Gasteiger partial charge in [-0.05, 0) is 59.1 Å². The topological polar surface area (TPSA) is 29.5 Å². The van der Waals surface area contributed by atoms with Crippen LogP contribution in [0.4, 0.5) is 4.39 Å². The molecule has 0 aromatic heterocycles. The van der Waals surface area contributed by atoms with Crippen LogP contribution >= 0.6 is 0 Å². The van der Waals surface area contributed by atoms with Gasteiger partial charge in [-0.15, -0.1) is 0 Å². The Kier molecular flexibility index (Phi) is 6.82. The molecule has 1 saturated carbocycles. The fraction of sp³-hybridized carbons (Fsp3) is 0.478. The molecule has 1 unspecified atom stereocenters. The van der Waals surface area contributed by atoms with Gasteiger partial charge in [0.1, 0.15) is 11.6 Å². The molecule has 0 saturated heterocycles. The number of hydrogen-bond acceptors (Lipinski definition) is 2. The number of hydrogen-bond donors (Lipinski definition) is 1. The standard InChI is InChI=1S/C21H25FO2.C2H6/c1-21(2)10-4-5-19(21)17-11-14(13-23)6-8-16(17)18-12-15(24-3)7-9-20(18)22;1-2/h6-9,11-12,19,23H,4-5,10,13H2,1-3H3;1-2H3. The average molecular weight is 358 g/mol. The first kappa shape index (κ1) is 20.4. The fourth-order valence-electron chi connectivity index (χ4n) is 3.99.